The van der Waals surface area contributed by atoms with E-state index in [2.05, 4.69) is 18.4 Å². The molecule has 0 spiro atoms. The number of nitrogens with zero attached hydrogens (tertiary/aromatic N) is 5. The average Bonchev–Trinajstić information content (AvgIpc) is 3.75. The van der Waals surface area contributed by atoms with Crippen LogP contribution in [0.5, 0.6) is 5.75 Å². The Balaban J connectivity index is 1.28. The highest BCUT2D eigenvalue weighted by atomic mass is 35.5. The van der Waals surface area contributed by atoms with Crippen LogP contribution in [0.3, 0.4) is 0 Å². The highest BCUT2D eigenvalue weighted by Crippen LogP contribution is 2.46. The summed E-state index contributed by atoms with van der Waals surface area (Å²) in [6.07, 6.45) is 1.23. The molecule has 1 atom stereocenters. The Morgan fingerprint density at radius 2 is 1.76 bits per heavy atom. The number of ether oxygens (including phenoxy) is 2. The molecule has 0 saturated carbocycles. The number of hydrogen-bond donors (Lipinski definition) is 1. The molecule has 1 saturated heterocycles. The summed E-state index contributed by atoms with van der Waals surface area (Å²) >= 11 is 13.6. The first-order valence-electron chi connectivity index (χ1n) is 18.7. The number of halogens is 2. The molecule has 10 nitrogen and oxygen atoms in total. The number of carboxylic acid groups (broad SMARTS) is 1. The molecular formula is C43H45Cl2N5O5. The van der Waals surface area contributed by atoms with Crippen molar-refractivity contribution < 1.29 is 24.2 Å². The molecule has 0 bridgehead atoms. The number of carboxylic acids is 1. The van der Waals surface area contributed by atoms with E-state index in [-0.39, 0.29) is 23.1 Å². The molecule has 286 valence electrons. The predicted molar refractivity (Wildman–Crippen MR) is 218 cm³/mol. The molecule has 3 aromatic heterocycles. The van der Waals surface area contributed by atoms with E-state index in [4.69, 9.17) is 37.8 Å². The molecule has 6 aromatic rings. The molecule has 1 N–H and O–H groups in total. The second-order valence-corrected chi connectivity index (χ2v) is 16.5. The molecule has 2 aliphatic rings. The van der Waals surface area contributed by atoms with Crippen molar-refractivity contribution in [1.82, 2.24) is 18.9 Å². The Hall–Kier alpha value is -4.77. The summed E-state index contributed by atoms with van der Waals surface area (Å²) in [5.41, 5.74) is 9.40. The van der Waals surface area contributed by atoms with Crippen LogP contribution in [0.2, 0.25) is 10.0 Å². The molecule has 12 heteroatoms. The Morgan fingerprint density at radius 3 is 2.40 bits per heavy atom. The van der Waals surface area contributed by atoms with Gasteiger partial charge in [0.1, 0.15) is 17.1 Å². The zero-order chi connectivity index (χ0) is 39.1. The fourth-order valence-corrected chi connectivity index (χ4v) is 9.08. The van der Waals surface area contributed by atoms with Crippen molar-refractivity contribution in [3.8, 4) is 16.9 Å². The number of aromatic carboxylic acids is 1. The minimum Gasteiger partial charge on any atom is -0.494 e. The lowest BCUT2D eigenvalue weighted by Crippen LogP contribution is -2.44. The van der Waals surface area contributed by atoms with Crippen LogP contribution in [0, 0.1) is 33.1 Å². The number of rotatable bonds is 10. The smallest absolute Gasteiger partial charge is 0.352 e. The third-order valence-corrected chi connectivity index (χ3v) is 12.3. The van der Waals surface area contributed by atoms with Crippen molar-refractivity contribution in [3.63, 3.8) is 0 Å². The summed E-state index contributed by atoms with van der Waals surface area (Å²) < 4.78 is 17.7. The molecule has 3 aromatic carbocycles. The normalized spacial score (nSPS) is 16.6. The van der Waals surface area contributed by atoms with E-state index in [9.17, 15) is 9.90 Å². The zero-order valence-electron chi connectivity index (χ0n) is 32.2. The van der Waals surface area contributed by atoms with E-state index in [0.717, 1.165) is 71.8 Å². The lowest BCUT2D eigenvalue weighted by Gasteiger charge is -2.39. The van der Waals surface area contributed by atoms with E-state index in [1.807, 2.05) is 91.4 Å². The summed E-state index contributed by atoms with van der Waals surface area (Å²) in [5.74, 6) is -0.399. The van der Waals surface area contributed by atoms with Gasteiger partial charge < -0.3 is 28.6 Å². The molecule has 0 radical (unpaired) electrons. The Kier molecular flexibility index (Phi) is 9.30. The van der Waals surface area contributed by atoms with Crippen LogP contribution in [-0.2, 0) is 24.8 Å². The fraction of sp³-hybridized carbons (Fsp3) is 0.372. The number of carbonyl (C=O) groups excluding carboxylic acids is 1. The number of aryl methyl sites for hydroxylation is 5. The topological polar surface area (TPSA) is 104 Å². The third kappa shape index (κ3) is 6.09. The number of hydrogen-bond acceptors (Lipinski definition) is 5. The Bertz CT molecular complexity index is 2540. The lowest BCUT2D eigenvalue weighted by molar-refractivity contribution is -0.109. The van der Waals surface area contributed by atoms with Crippen LogP contribution in [0.1, 0.15) is 75.4 Å². The van der Waals surface area contributed by atoms with Gasteiger partial charge in [-0.25, -0.2) is 4.79 Å². The van der Waals surface area contributed by atoms with E-state index in [0.29, 0.717) is 62.2 Å². The molecule has 5 heterocycles. The summed E-state index contributed by atoms with van der Waals surface area (Å²) in [4.78, 5) is 29.8. The largest absolute Gasteiger partial charge is 0.494 e. The monoisotopic (exact) mass is 781 g/mol. The van der Waals surface area contributed by atoms with Gasteiger partial charge >= 0.3 is 5.97 Å². The zero-order valence-corrected chi connectivity index (χ0v) is 33.7. The van der Waals surface area contributed by atoms with Crippen molar-refractivity contribution in [3.05, 3.63) is 98.0 Å². The van der Waals surface area contributed by atoms with Crippen molar-refractivity contribution in [1.29, 1.82) is 0 Å². The van der Waals surface area contributed by atoms with E-state index in [1.54, 1.807) is 6.07 Å². The number of aromatic nitrogens is 4. The van der Waals surface area contributed by atoms with Gasteiger partial charge in [0.25, 0.3) is 5.91 Å². The van der Waals surface area contributed by atoms with Crippen molar-refractivity contribution >= 4 is 62.6 Å². The molecule has 1 fully saturated rings. The number of para-hydroxylation sites is 1. The summed E-state index contributed by atoms with van der Waals surface area (Å²) in [6.45, 7) is 14.5. The number of amides is 1. The van der Waals surface area contributed by atoms with Gasteiger partial charge in [0.15, 0.2) is 0 Å². The summed E-state index contributed by atoms with van der Waals surface area (Å²) in [6, 6.07) is 15.2. The minimum atomic E-state index is -1.01. The van der Waals surface area contributed by atoms with Crippen LogP contribution in [0.25, 0.3) is 32.9 Å². The fourth-order valence-electron chi connectivity index (χ4n) is 8.72. The van der Waals surface area contributed by atoms with Crippen LogP contribution in [0.15, 0.2) is 48.5 Å². The van der Waals surface area contributed by atoms with E-state index < -0.39 is 5.97 Å². The van der Waals surface area contributed by atoms with Gasteiger partial charge in [-0.15, -0.1) is 0 Å². The van der Waals surface area contributed by atoms with E-state index >= 15 is 4.79 Å². The molecular weight excluding hydrogens is 737 g/mol. The first kappa shape index (κ1) is 37.2. The maximum atomic E-state index is 15.3. The van der Waals surface area contributed by atoms with Gasteiger partial charge in [-0.05, 0) is 94.5 Å². The highest BCUT2D eigenvalue weighted by molar-refractivity contribution is 6.35. The molecule has 8 rings (SSSR count). The van der Waals surface area contributed by atoms with Crippen LogP contribution in [-0.4, -0.2) is 62.3 Å². The maximum absolute atomic E-state index is 15.3. The standard InChI is InChI=1S/C43H45Cl2N5O5/c1-23-16-29(17-24(2)37(23)45)55-15-9-11-30-31-13-14-32(44)36(35-26(4)46-47(7)27(35)5)39(31)50-25(3)19-48(41(51)40(30)50)33-12-8-10-28-18-34(42(52)53)49(38(28)33)20-43(6)21-54-22-43/h8,10,12-14,16-18,25H,9,11,15,19-22H2,1-7H3,(H,52,53)/t25-/m1/s1. The Labute approximate surface area is 330 Å². The second kappa shape index (κ2) is 13.8. The number of benzene rings is 3. The van der Waals surface area contributed by atoms with Gasteiger partial charge in [-0.2, -0.15) is 5.10 Å². The number of carbonyl (C=O) groups is 2. The van der Waals surface area contributed by atoms with E-state index in [1.165, 1.54) is 0 Å². The summed E-state index contributed by atoms with van der Waals surface area (Å²) in [5, 5.41) is 18.1. The van der Waals surface area contributed by atoms with Gasteiger partial charge in [0.2, 0.25) is 0 Å². The van der Waals surface area contributed by atoms with Gasteiger partial charge in [-0.1, -0.05) is 48.3 Å². The molecule has 1 amide bonds. The van der Waals surface area contributed by atoms with Gasteiger partial charge in [0.05, 0.1) is 47.3 Å². The molecule has 0 aliphatic carbocycles. The van der Waals surface area contributed by atoms with Crippen molar-refractivity contribution in [2.24, 2.45) is 12.5 Å². The highest BCUT2D eigenvalue weighted by Gasteiger charge is 2.39. The van der Waals surface area contributed by atoms with Crippen molar-refractivity contribution in [2.45, 2.75) is 67.0 Å². The van der Waals surface area contributed by atoms with Crippen LogP contribution < -0.4 is 9.64 Å². The number of anilines is 1. The lowest BCUT2D eigenvalue weighted by atomic mass is 9.88. The predicted octanol–water partition coefficient (Wildman–Crippen LogP) is 9.50. The second-order valence-electron chi connectivity index (χ2n) is 15.7. The number of fused-ring (bicyclic) bond motifs is 4. The molecule has 0 unspecified atom stereocenters. The first-order chi connectivity index (χ1) is 26.2. The quantitative estimate of drug-likeness (QED) is 0.139. The van der Waals surface area contributed by atoms with Gasteiger partial charge in [-0.3, -0.25) is 9.48 Å². The SMILES string of the molecule is Cc1cc(OCCCc2c3n(c4c(-c5c(C)nn(C)c5C)c(Cl)ccc24)[C@H](C)CN(c2cccc4cc(C(=O)O)n(CC5(C)COC5)c24)C3=O)cc(C)c1Cl. The van der Waals surface area contributed by atoms with Crippen LogP contribution in [0.4, 0.5) is 5.69 Å². The molecule has 2 aliphatic heterocycles. The molecule has 55 heavy (non-hydrogen) atoms. The third-order valence-electron chi connectivity index (χ3n) is 11.4. The summed E-state index contributed by atoms with van der Waals surface area (Å²) in [7, 11) is 1.93. The first-order valence-corrected chi connectivity index (χ1v) is 19.4. The van der Waals surface area contributed by atoms with Crippen LogP contribution >= 0.6 is 23.2 Å². The van der Waals surface area contributed by atoms with Gasteiger partial charge in [0, 0.05) is 64.2 Å². The maximum Gasteiger partial charge on any atom is 0.352 e. The Morgan fingerprint density at radius 1 is 1.04 bits per heavy atom. The average molecular weight is 783 g/mol. The van der Waals surface area contributed by atoms with Crippen molar-refractivity contribution in [2.75, 3.05) is 31.3 Å². The minimum absolute atomic E-state index is 0.147.